The molecule has 0 aliphatic rings. The predicted octanol–water partition coefficient (Wildman–Crippen LogP) is 5.20. The molecule has 2 rings (SSSR count). The number of rotatable bonds is 11. The Balaban J connectivity index is 2.15. The summed E-state index contributed by atoms with van der Waals surface area (Å²) < 4.78 is 0. The molecule has 1 aromatic carbocycles. The van der Waals surface area contributed by atoms with Crippen LogP contribution in [0.25, 0.3) is 0 Å². The predicted molar refractivity (Wildman–Crippen MR) is 121 cm³/mol. The molecule has 29 heavy (non-hydrogen) atoms. The lowest BCUT2D eigenvalue weighted by atomic mass is 10.1. The van der Waals surface area contributed by atoms with E-state index in [1.54, 1.807) is 16.2 Å². The Labute approximate surface area is 179 Å². The molecule has 0 saturated carbocycles. The van der Waals surface area contributed by atoms with Gasteiger partial charge in [0.1, 0.15) is 0 Å². The fraction of sp³-hybridized carbons (Fsp3) is 0.500. The van der Waals surface area contributed by atoms with E-state index in [1.165, 1.54) is 0 Å². The van der Waals surface area contributed by atoms with E-state index in [0.29, 0.717) is 32.0 Å². The summed E-state index contributed by atoms with van der Waals surface area (Å²) in [5.74, 6) is 0.731. The van der Waals surface area contributed by atoms with Crippen molar-refractivity contribution in [1.29, 1.82) is 0 Å². The van der Waals surface area contributed by atoms with Gasteiger partial charge in [0.15, 0.2) is 0 Å². The lowest BCUT2D eigenvalue weighted by Crippen LogP contribution is -2.44. The highest BCUT2D eigenvalue weighted by molar-refractivity contribution is 7.09. The third-order valence-corrected chi connectivity index (χ3v) is 5.85. The third-order valence-electron chi connectivity index (χ3n) is 4.99. The van der Waals surface area contributed by atoms with Gasteiger partial charge in [0.05, 0.1) is 13.1 Å². The smallest absolute Gasteiger partial charge is 0.242 e. The highest BCUT2D eigenvalue weighted by atomic mass is 32.1. The minimum Gasteiger partial charge on any atom is -0.333 e. The SMILES string of the molecule is CC[C@H](C)CN(CC(=O)N(Cc1ccccc1)Cc1cccs1)C(=O)CC(C)C. The second-order valence-electron chi connectivity index (χ2n) is 8.20. The molecular weight excluding hydrogens is 380 g/mol. The van der Waals surface area contributed by atoms with Crippen LogP contribution in [0.3, 0.4) is 0 Å². The maximum Gasteiger partial charge on any atom is 0.242 e. The van der Waals surface area contributed by atoms with Gasteiger partial charge in [-0.15, -0.1) is 11.3 Å². The molecule has 0 radical (unpaired) electrons. The quantitative estimate of drug-likeness (QED) is 0.507. The number of hydrogen-bond donors (Lipinski definition) is 0. The van der Waals surface area contributed by atoms with E-state index < -0.39 is 0 Å². The van der Waals surface area contributed by atoms with Crippen LogP contribution >= 0.6 is 11.3 Å². The van der Waals surface area contributed by atoms with Gasteiger partial charge >= 0.3 is 0 Å². The summed E-state index contributed by atoms with van der Waals surface area (Å²) in [6.45, 7) is 10.2. The number of nitrogens with zero attached hydrogens (tertiary/aromatic N) is 2. The highest BCUT2D eigenvalue weighted by Gasteiger charge is 2.23. The second-order valence-corrected chi connectivity index (χ2v) is 9.23. The zero-order valence-corrected chi connectivity index (χ0v) is 19.0. The van der Waals surface area contributed by atoms with Gasteiger partial charge in [0, 0.05) is 24.4 Å². The summed E-state index contributed by atoms with van der Waals surface area (Å²) in [6.07, 6.45) is 1.47. The second kappa shape index (κ2) is 11.8. The summed E-state index contributed by atoms with van der Waals surface area (Å²) in [6, 6.07) is 14.1. The topological polar surface area (TPSA) is 40.6 Å². The van der Waals surface area contributed by atoms with Crippen LogP contribution in [-0.2, 0) is 22.7 Å². The van der Waals surface area contributed by atoms with Crippen LogP contribution in [-0.4, -0.2) is 34.7 Å². The van der Waals surface area contributed by atoms with Crippen molar-refractivity contribution < 1.29 is 9.59 Å². The Kier molecular flexibility index (Phi) is 9.39. The zero-order chi connectivity index (χ0) is 21.2. The lowest BCUT2D eigenvalue weighted by Gasteiger charge is -2.29. The standard InChI is InChI=1S/C24H34N2O2S/c1-5-20(4)15-25(23(27)14-19(2)3)18-24(28)26(17-22-12-9-13-29-22)16-21-10-7-6-8-11-21/h6-13,19-20H,5,14-18H2,1-4H3/t20-/m0/s1. The van der Waals surface area contributed by atoms with Gasteiger partial charge in [0.2, 0.25) is 11.8 Å². The molecule has 158 valence electrons. The van der Waals surface area contributed by atoms with Crippen molar-refractivity contribution in [3.05, 3.63) is 58.3 Å². The van der Waals surface area contributed by atoms with Gasteiger partial charge in [0.25, 0.3) is 0 Å². The van der Waals surface area contributed by atoms with Crippen molar-refractivity contribution in [3.63, 3.8) is 0 Å². The molecule has 4 nitrogen and oxygen atoms in total. The average molecular weight is 415 g/mol. The third kappa shape index (κ3) is 8.01. The molecule has 0 aliphatic carbocycles. The maximum absolute atomic E-state index is 13.3. The summed E-state index contributed by atoms with van der Waals surface area (Å²) in [4.78, 5) is 30.9. The van der Waals surface area contributed by atoms with Crippen molar-refractivity contribution >= 4 is 23.2 Å². The van der Waals surface area contributed by atoms with Gasteiger partial charge in [-0.2, -0.15) is 0 Å². The number of amides is 2. The normalized spacial score (nSPS) is 12.0. The van der Waals surface area contributed by atoms with Crippen LogP contribution in [0.4, 0.5) is 0 Å². The molecule has 0 bridgehead atoms. The van der Waals surface area contributed by atoms with Crippen molar-refractivity contribution in [3.8, 4) is 0 Å². The zero-order valence-electron chi connectivity index (χ0n) is 18.1. The summed E-state index contributed by atoms with van der Waals surface area (Å²) >= 11 is 1.65. The Bertz CT molecular complexity index is 744. The van der Waals surface area contributed by atoms with Crippen molar-refractivity contribution in [2.75, 3.05) is 13.1 Å². The first kappa shape index (κ1) is 23.1. The Hall–Kier alpha value is -2.14. The molecule has 1 atom stereocenters. The number of carbonyl (C=O) groups is 2. The molecule has 1 heterocycles. The van der Waals surface area contributed by atoms with Gasteiger partial charge in [-0.05, 0) is 28.8 Å². The van der Waals surface area contributed by atoms with Crippen molar-refractivity contribution in [2.24, 2.45) is 11.8 Å². The molecule has 0 fully saturated rings. The summed E-state index contributed by atoms with van der Waals surface area (Å²) in [5.41, 5.74) is 1.10. The van der Waals surface area contributed by atoms with E-state index in [2.05, 4.69) is 19.9 Å². The highest BCUT2D eigenvalue weighted by Crippen LogP contribution is 2.16. The maximum atomic E-state index is 13.3. The minimum absolute atomic E-state index is 0.00247. The average Bonchev–Trinajstić information content (AvgIpc) is 3.20. The van der Waals surface area contributed by atoms with E-state index in [1.807, 2.05) is 60.5 Å². The summed E-state index contributed by atoms with van der Waals surface area (Å²) in [5, 5.41) is 2.03. The Morgan fingerprint density at radius 3 is 2.24 bits per heavy atom. The molecular formula is C24H34N2O2S. The number of carbonyl (C=O) groups excluding carboxylic acids is 2. The molecule has 0 aliphatic heterocycles. The molecule has 2 amide bonds. The fourth-order valence-corrected chi connectivity index (χ4v) is 3.85. The van der Waals surface area contributed by atoms with Crippen molar-refractivity contribution in [2.45, 2.75) is 53.6 Å². The number of thiophene rings is 1. The number of hydrogen-bond acceptors (Lipinski definition) is 3. The first-order valence-corrected chi connectivity index (χ1v) is 11.4. The first-order valence-electron chi connectivity index (χ1n) is 10.5. The van der Waals surface area contributed by atoms with Crippen LogP contribution in [0.15, 0.2) is 47.8 Å². The van der Waals surface area contributed by atoms with Gasteiger partial charge in [-0.3, -0.25) is 9.59 Å². The van der Waals surface area contributed by atoms with Gasteiger partial charge in [-0.25, -0.2) is 0 Å². The van der Waals surface area contributed by atoms with E-state index in [4.69, 9.17) is 0 Å². The van der Waals surface area contributed by atoms with Crippen LogP contribution in [0.1, 0.15) is 51.0 Å². The van der Waals surface area contributed by atoms with Crippen molar-refractivity contribution in [1.82, 2.24) is 9.80 Å². The molecule has 0 unspecified atom stereocenters. The molecule has 5 heteroatoms. The monoisotopic (exact) mass is 414 g/mol. The number of benzene rings is 1. The first-order chi connectivity index (χ1) is 13.9. The minimum atomic E-state index is 0.00247. The van der Waals surface area contributed by atoms with Crippen LogP contribution in [0, 0.1) is 11.8 Å². The molecule has 0 saturated heterocycles. The molecule has 2 aromatic rings. The van der Waals surface area contributed by atoms with Crippen LogP contribution in [0.5, 0.6) is 0 Å². The Morgan fingerprint density at radius 2 is 1.66 bits per heavy atom. The fourth-order valence-electron chi connectivity index (χ4n) is 3.13. The summed E-state index contributed by atoms with van der Waals surface area (Å²) in [7, 11) is 0. The van der Waals surface area contributed by atoms with E-state index in [-0.39, 0.29) is 24.3 Å². The molecule has 0 spiro atoms. The Morgan fingerprint density at radius 1 is 0.931 bits per heavy atom. The van der Waals surface area contributed by atoms with E-state index in [0.717, 1.165) is 16.9 Å². The van der Waals surface area contributed by atoms with Gasteiger partial charge in [-0.1, -0.05) is 70.5 Å². The van der Waals surface area contributed by atoms with Crippen LogP contribution < -0.4 is 0 Å². The van der Waals surface area contributed by atoms with E-state index >= 15 is 0 Å². The largest absolute Gasteiger partial charge is 0.333 e. The molecule has 1 aromatic heterocycles. The van der Waals surface area contributed by atoms with Gasteiger partial charge < -0.3 is 9.80 Å². The van der Waals surface area contributed by atoms with Crippen LogP contribution in [0.2, 0.25) is 0 Å². The lowest BCUT2D eigenvalue weighted by molar-refractivity contribution is -0.142. The van der Waals surface area contributed by atoms with E-state index in [9.17, 15) is 9.59 Å². The molecule has 0 N–H and O–H groups in total.